The van der Waals surface area contributed by atoms with Crippen LogP contribution in [0.3, 0.4) is 0 Å². The molecule has 1 aliphatic carbocycles. The smallest absolute Gasteiger partial charge is 0.183 e. The van der Waals surface area contributed by atoms with Crippen molar-refractivity contribution in [1.82, 2.24) is 0 Å². The van der Waals surface area contributed by atoms with Crippen LogP contribution in [0, 0.1) is 17.7 Å². The van der Waals surface area contributed by atoms with Crippen LogP contribution < -0.4 is 4.74 Å². The average Bonchev–Trinajstić information content (AvgIpc) is 2.92. The van der Waals surface area contributed by atoms with Crippen molar-refractivity contribution in [1.29, 1.82) is 0 Å². The lowest BCUT2D eigenvalue weighted by atomic mass is 9.66. The van der Waals surface area contributed by atoms with Gasteiger partial charge in [0.15, 0.2) is 17.9 Å². The van der Waals surface area contributed by atoms with Gasteiger partial charge < -0.3 is 29.5 Å². The highest BCUT2D eigenvalue weighted by atomic mass is 19.1. The Bertz CT molecular complexity index is 1200. The van der Waals surface area contributed by atoms with E-state index >= 15 is 0 Å². The van der Waals surface area contributed by atoms with Crippen LogP contribution in [0.5, 0.6) is 5.75 Å². The van der Waals surface area contributed by atoms with E-state index < -0.39 is 24.3 Å². The Hall–Kier alpha value is -2.81. The molecule has 1 heterocycles. The van der Waals surface area contributed by atoms with E-state index in [1.165, 1.54) is 13.2 Å². The van der Waals surface area contributed by atoms with Crippen molar-refractivity contribution >= 4 is 0 Å². The molecule has 5 rings (SSSR count). The highest BCUT2D eigenvalue weighted by Gasteiger charge is 2.40. The van der Waals surface area contributed by atoms with Gasteiger partial charge in [-0.3, -0.25) is 0 Å². The van der Waals surface area contributed by atoms with Crippen molar-refractivity contribution in [3.8, 4) is 16.9 Å². The minimum Gasteiger partial charge on any atom is -0.494 e. The van der Waals surface area contributed by atoms with Crippen molar-refractivity contribution in [3.05, 3.63) is 89.2 Å². The van der Waals surface area contributed by atoms with Crippen LogP contribution in [-0.4, -0.2) is 60.7 Å². The summed E-state index contributed by atoms with van der Waals surface area (Å²) in [5.74, 6) is -0.803. The monoisotopic (exact) mass is 508 g/mol. The summed E-state index contributed by atoms with van der Waals surface area (Å²) in [6.07, 6.45) is -1.68. The maximum absolute atomic E-state index is 14.4. The molecule has 6 nitrogen and oxygen atoms in total. The van der Waals surface area contributed by atoms with Crippen molar-refractivity contribution < 1.29 is 33.9 Å². The molecule has 0 radical (unpaired) electrons. The number of halogens is 1. The summed E-state index contributed by atoms with van der Waals surface area (Å²) in [5, 5.41) is 30.5. The van der Waals surface area contributed by atoms with E-state index in [2.05, 4.69) is 30.3 Å². The summed E-state index contributed by atoms with van der Waals surface area (Å²) in [6, 6.07) is 21.4. The van der Waals surface area contributed by atoms with E-state index in [1.54, 1.807) is 12.1 Å². The van der Waals surface area contributed by atoms with Gasteiger partial charge in [-0.15, -0.1) is 0 Å². The minimum atomic E-state index is -0.943. The number of ether oxygens (including phenoxy) is 3. The van der Waals surface area contributed by atoms with Gasteiger partial charge in [0, 0.05) is 18.9 Å². The van der Waals surface area contributed by atoms with Gasteiger partial charge in [-0.05, 0) is 58.2 Å². The first-order valence-electron chi connectivity index (χ1n) is 12.7. The molecule has 0 bridgehead atoms. The van der Waals surface area contributed by atoms with Crippen molar-refractivity contribution in [2.24, 2.45) is 11.8 Å². The SMILES string of the molecule is COc1cc(C2c3cc(-c4ccccc4)ccc3CC(CO)[C@H]2CO[C@@H]2OC[C@@H](O)C[C@H]2O)ccc1F. The third-order valence-corrected chi connectivity index (χ3v) is 7.61. The Morgan fingerprint density at radius 3 is 2.54 bits per heavy atom. The van der Waals surface area contributed by atoms with Gasteiger partial charge in [0.2, 0.25) is 0 Å². The number of hydrogen-bond acceptors (Lipinski definition) is 6. The number of aliphatic hydroxyl groups is 3. The Balaban J connectivity index is 1.55. The third kappa shape index (κ3) is 5.42. The molecule has 2 aliphatic rings. The highest BCUT2D eigenvalue weighted by molar-refractivity contribution is 5.66. The summed E-state index contributed by atoms with van der Waals surface area (Å²) in [6.45, 7) is 0.260. The van der Waals surface area contributed by atoms with E-state index in [0.29, 0.717) is 6.42 Å². The van der Waals surface area contributed by atoms with Gasteiger partial charge in [0.05, 0.1) is 26.4 Å². The second kappa shape index (κ2) is 11.3. The molecule has 2 unspecified atom stereocenters. The second-order valence-electron chi connectivity index (χ2n) is 9.95. The van der Waals surface area contributed by atoms with Crippen molar-refractivity contribution in [2.75, 3.05) is 26.9 Å². The number of benzene rings is 3. The fourth-order valence-electron chi connectivity index (χ4n) is 5.69. The maximum Gasteiger partial charge on any atom is 0.183 e. The molecular formula is C30H33FO6. The highest BCUT2D eigenvalue weighted by Crippen LogP contribution is 2.46. The molecule has 196 valence electrons. The molecule has 1 aliphatic heterocycles. The molecule has 0 saturated carbocycles. The Kier molecular flexibility index (Phi) is 7.88. The third-order valence-electron chi connectivity index (χ3n) is 7.61. The van der Waals surface area contributed by atoms with Crippen LogP contribution in [0.2, 0.25) is 0 Å². The van der Waals surface area contributed by atoms with Crippen LogP contribution in [0.1, 0.15) is 29.0 Å². The van der Waals surface area contributed by atoms with E-state index in [9.17, 15) is 19.7 Å². The fourth-order valence-corrected chi connectivity index (χ4v) is 5.69. The second-order valence-corrected chi connectivity index (χ2v) is 9.95. The van der Waals surface area contributed by atoms with Gasteiger partial charge in [-0.2, -0.15) is 0 Å². The summed E-state index contributed by atoms with van der Waals surface area (Å²) in [4.78, 5) is 0. The van der Waals surface area contributed by atoms with E-state index in [-0.39, 0.29) is 49.7 Å². The lowest BCUT2D eigenvalue weighted by Gasteiger charge is -2.41. The van der Waals surface area contributed by atoms with Gasteiger partial charge >= 0.3 is 0 Å². The van der Waals surface area contributed by atoms with E-state index in [4.69, 9.17) is 14.2 Å². The number of fused-ring (bicyclic) bond motifs is 1. The molecule has 1 saturated heterocycles. The van der Waals surface area contributed by atoms with E-state index in [0.717, 1.165) is 27.8 Å². The first-order valence-corrected chi connectivity index (χ1v) is 12.7. The quantitative estimate of drug-likeness (QED) is 0.449. The summed E-state index contributed by atoms with van der Waals surface area (Å²) in [7, 11) is 1.44. The summed E-state index contributed by atoms with van der Waals surface area (Å²) >= 11 is 0. The Morgan fingerprint density at radius 1 is 1.00 bits per heavy atom. The largest absolute Gasteiger partial charge is 0.494 e. The normalized spacial score (nSPS) is 27.5. The number of methoxy groups -OCH3 is 1. The zero-order chi connectivity index (χ0) is 25.9. The molecule has 3 N–H and O–H groups in total. The Labute approximate surface area is 216 Å². The molecule has 37 heavy (non-hydrogen) atoms. The number of rotatable bonds is 7. The first-order chi connectivity index (χ1) is 18.0. The molecule has 0 spiro atoms. The van der Waals surface area contributed by atoms with Crippen LogP contribution >= 0.6 is 0 Å². The van der Waals surface area contributed by atoms with Crippen molar-refractivity contribution in [3.63, 3.8) is 0 Å². The van der Waals surface area contributed by atoms with Crippen molar-refractivity contribution in [2.45, 2.75) is 37.3 Å². The minimum absolute atomic E-state index is 0.0461. The fraction of sp³-hybridized carbons (Fsp3) is 0.400. The summed E-state index contributed by atoms with van der Waals surface area (Å²) < 4.78 is 31.3. The van der Waals surface area contributed by atoms with Crippen LogP contribution in [0.4, 0.5) is 4.39 Å². The first kappa shape index (κ1) is 25.8. The molecule has 3 aromatic carbocycles. The maximum atomic E-state index is 14.4. The number of aliphatic hydroxyl groups excluding tert-OH is 3. The van der Waals surface area contributed by atoms with Crippen LogP contribution in [0.15, 0.2) is 66.7 Å². The predicted octanol–water partition coefficient (Wildman–Crippen LogP) is 3.90. The van der Waals surface area contributed by atoms with E-state index in [1.807, 2.05) is 18.2 Å². The standard InChI is InChI=1S/C30H33FO6/c1-35-28-13-21(9-10-26(28)31)29-24-12-19(18-5-3-2-4-6-18)7-8-20(24)11-22(15-32)25(29)17-37-30-27(34)14-23(33)16-36-30/h2-10,12-13,22-23,25,27,29-30,32-34H,11,14-17H2,1H3/t22?,23-,25+,27+,29?,30-/m0/s1. The topological polar surface area (TPSA) is 88.4 Å². The molecule has 0 aromatic heterocycles. The molecule has 3 aromatic rings. The lowest BCUT2D eigenvalue weighted by Crippen LogP contribution is -2.44. The average molecular weight is 509 g/mol. The lowest BCUT2D eigenvalue weighted by molar-refractivity contribution is -0.241. The molecule has 6 atom stereocenters. The predicted molar refractivity (Wildman–Crippen MR) is 137 cm³/mol. The molecule has 1 fully saturated rings. The van der Waals surface area contributed by atoms with Gasteiger partial charge in [0.25, 0.3) is 0 Å². The molecule has 0 amide bonds. The van der Waals surface area contributed by atoms with Gasteiger partial charge in [-0.1, -0.05) is 54.6 Å². The van der Waals surface area contributed by atoms with Gasteiger partial charge in [-0.25, -0.2) is 4.39 Å². The zero-order valence-electron chi connectivity index (χ0n) is 20.8. The van der Waals surface area contributed by atoms with Gasteiger partial charge in [0.1, 0.15) is 6.10 Å². The van der Waals surface area contributed by atoms with Crippen LogP contribution in [-0.2, 0) is 15.9 Å². The molecular weight excluding hydrogens is 475 g/mol. The zero-order valence-corrected chi connectivity index (χ0v) is 20.8. The number of hydrogen-bond donors (Lipinski definition) is 3. The summed E-state index contributed by atoms with van der Waals surface area (Å²) in [5.41, 5.74) is 5.24. The Morgan fingerprint density at radius 2 is 1.81 bits per heavy atom. The molecule has 7 heteroatoms. The van der Waals surface area contributed by atoms with Crippen LogP contribution in [0.25, 0.3) is 11.1 Å².